The highest BCUT2D eigenvalue weighted by Crippen LogP contribution is 2.25. The smallest absolute Gasteiger partial charge is 0.255 e. The standard InChI is InChI=1S/C20H24N2O5S/c1-15-4-3-5-16(12-15)14-21-20(23)18-13-17(6-7-19(18)26-2)28(24,25)22-8-10-27-11-9-22/h3-7,12-13H,8-11,14H2,1-2H3,(H,21,23). The summed E-state index contributed by atoms with van der Waals surface area (Å²) in [4.78, 5) is 12.8. The number of amides is 1. The van der Waals surface area contributed by atoms with Crippen LogP contribution < -0.4 is 10.1 Å². The highest BCUT2D eigenvalue weighted by molar-refractivity contribution is 7.89. The maximum absolute atomic E-state index is 12.9. The molecular formula is C20H24N2O5S. The molecule has 1 amide bonds. The summed E-state index contributed by atoms with van der Waals surface area (Å²) in [5.41, 5.74) is 2.25. The molecule has 0 spiro atoms. The molecule has 0 radical (unpaired) electrons. The molecule has 0 aromatic heterocycles. The number of benzene rings is 2. The zero-order valence-corrected chi connectivity index (χ0v) is 16.8. The molecule has 0 aliphatic carbocycles. The van der Waals surface area contributed by atoms with Crippen LogP contribution >= 0.6 is 0 Å². The van der Waals surface area contributed by atoms with Gasteiger partial charge < -0.3 is 14.8 Å². The lowest BCUT2D eigenvalue weighted by molar-refractivity contribution is 0.0730. The fourth-order valence-electron chi connectivity index (χ4n) is 3.06. The van der Waals surface area contributed by atoms with Gasteiger partial charge in [0, 0.05) is 19.6 Å². The fraction of sp³-hybridized carbons (Fsp3) is 0.350. The molecule has 0 bridgehead atoms. The number of rotatable bonds is 6. The topological polar surface area (TPSA) is 84.9 Å². The lowest BCUT2D eigenvalue weighted by Gasteiger charge is -2.26. The van der Waals surface area contributed by atoms with Crippen molar-refractivity contribution in [2.45, 2.75) is 18.4 Å². The van der Waals surface area contributed by atoms with E-state index in [-0.39, 0.29) is 10.5 Å². The van der Waals surface area contributed by atoms with E-state index in [4.69, 9.17) is 9.47 Å². The van der Waals surface area contributed by atoms with Crippen molar-refractivity contribution in [3.8, 4) is 5.75 Å². The van der Waals surface area contributed by atoms with Gasteiger partial charge >= 0.3 is 0 Å². The van der Waals surface area contributed by atoms with E-state index in [1.807, 2.05) is 31.2 Å². The molecule has 28 heavy (non-hydrogen) atoms. The minimum Gasteiger partial charge on any atom is -0.496 e. The van der Waals surface area contributed by atoms with Crippen molar-refractivity contribution in [2.75, 3.05) is 33.4 Å². The summed E-state index contributed by atoms with van der Waals surface area (Å²) in [6.07, 6.45) is 0. The number of sulfonamides is 1. The van der Waals surface area contributed by atoms with Gasteiger partial charge in [0.05, 0.1) is 30.8 Å². The van der Waals surface area contributed by atoms with E-state index in [0.717, 1.165) is 11.1 Å². The Bertz CT molecular complexity index is 953. The van der Waals surface area contributed by atoms with Crippen molar-refractivity contribution >= 4 is 15.9 Å². The second-order valence-corrected chi connectivity index (χ2v) is 8.49. The van der Waals surface area contributed by atoms with E-state index in [0.29, 0.717) is 38.6 Å². The van der Waals surface area contributed by atoms with Crippen LogP contribution in [0.5, 0.6) is 5.75 Å². The first-order valence-electron chi connectivity index (χ1n) is 9.01. The van der Waals surface area contributed by atoms with Gasteiger partial charge in [-0.15, -0.1) is 0 Å². The number of aryl methyl sites for hydroxylation is 1. The van der Waals surface area contributed by atoms with Gasteiger partial charge in [0.2, 0.25) is 10.0 Å². The van der Waals surface area contributed by atoms with E-state index in [1.165, 1.54) is 29.6 Å². The van der Waals surface area contributed by atoms with Crippen molar-refractivity contribution < 1.29 is 22.7 Å². The van der Waals surface area contributed by atoms with Gasteiger partial charge in [-0.05, 0) is 30.7 Å². The first kappa shape index (κ1) is 20.3. The molecule has 8 heteroatoms. The lowest BCUT2D eigenvalue weighted by atomic mass is 10.1. The average molecular weight is 404 g/mol. The summed E-state index contributed by atoms with van der Waals surface area (Å²) in [6, 6.07) is 12.1. The summed E-state index contributed by atoms with van der Waals surface area (Å²) in [6.45, 7) is 3.63. The van der Waals surface area contributed by atoms with E-state index >= 15 is 0 Å². The Morgan fingerprint density at radius 3 is 2.61 bits per heavy atom. The van der Waals surface area contributed by atoms with Crippen molar-refractivity contribution in [3.63, 3.8) is 0 Å². The Hall–Kier alpha value is -2.42. The van der Waals surface area contributed by atoms with E-state index in [2.05, 4.69) is 5.32 Å². The SMILES string of the molecule is COc1ccc(S(=O)(=O)N2CCOCC2)cc1C(=O)NCc1cccc(C)c1. The number of nitrogens with one attached hydrogen (secondary N) is 1. The van der Waals surface area contributed by atoms with Crippen LogP contribution in [0.15, 0.2) is 47.4 Å². The van der Waals surface area contributed by atoms with Crippen LogP contribution in [-0.4, -0.2) is 52.0 Å². The Morgan fingerprint density at radius 2 is 1.93 bits per heavy atom. The summed E-state index contributed by atoms with van der Waals surface area (Å²) in [5.74, 6) is -0.0694. The highest BCUT2D eigenvalue weighted by atomic mass is 32.2. The normalized spacial score (nSPS) is 15.2. The van der Waals surface area contributed by atoms with Gasteiger partial charge in [-0.25, -0.2) is 8.42 Å². The first-order valence-corrected chi connectivity index (χ1v) is 10.5. The van der Waals surface area contributed by atoms with Gasteiger partial charge in [-0.3, -0.25) is 4.79 Å². The molecular weight excluding hydrogens is 380 g/mol. The van der Waals surface area contributed by atoms with E-state index < -0.39 is 15.9 Å². The van der Waals surface area contributed by atoms with Crippen molar-refractivity contribution in [1.82, 2.24) is 9.62 Å². The molecule has 1 saturated heterocycles. The predicted octanol–water partition coefficient (Wildman–Crippen LogP) is 1.95. The lowest BCUT2D eigenvalue weighted by Crippen LogP contribution is -2.40. The Morgan fingerprint density at radius 1 is 1.18 bits per heavy atom. The van der Waals surface area contributed by atoms with Gasteiger partial charge in [-0.2, -0.15) is 4.31 Å². The van der Waals surface area contributed by atoms with Crippen LogP contribution in [0.4, 0.5) is 0 Å². The molecule has 3 rings (SSSR count). The minimum atomic E-state index is -3.70. The third-order valence-corrected chi connectivity index (χ3v) is 6.45. The highest BCUT2D eigenvalue weighted by Gasteiger charge is 2.28. The molecule has 2 aromatic carbocycles. The fourth-order valence-corrected chi connectivity index (χ4v) is 4.50. The van der Waals surface area contributed by atoms with Gasteiger partial charge in [0.25, 0.3) is 5.91 Å². The summed E-state index contributed by atoms with van der Waals surface area (Å²) in [5, 5.41) is 2.83. The third-order valence-electron chi connectivity index (χ3n) is 4.56. The molecule has 1 fully saturated rings. The summed E-state index contributed by atoms with van der Waals surface area (Å²) in [7, 11) is -2.25. The molecule has 0 saturated carbocycles. The molecule has 150 valence electrons. The van der Waals surface area contributed by atoms with Crippen LogP contribution in [0, 0.1) is 6.92 Å². The van der Waals surface area contributed by atoms with Crippen LogP contribution in [0.2, 0.25) is 0 Å². The minimum absolute atomic E-state index is 0.0657. The Balaban J connectivity index is 1.83. The van der Waals surface area contributed by atoms with Crippen LogP contribution in [0.3, 0.4) is 0 Å². The monoisotopic (exact) mass is 404 g/mol. The zero-order valence-electron chi connectivity index (χ0n) is 16.0. The summed E-state index contributed by atoms with van der Waals surface area (Å²) >= 11 is 0. The van der Waals surface area contributed by atoms with Crippen molar-refractivity contribution in [2.24, 2.45) is 0 Å². The Labute approximate surface area is 165 Å². The van der Waals surface area contributed by atoms with Crippen LogP contribution in [0.1, 0.15) is 21.5 Å². The molecule has 1 aliphatic rings. The largest absolute Gasteiger partial charge is 0.496 e. The van der Waals surface area contributed by atoms with E-state index in [9.17, 15) is 13.2 Å². The predicted molar refractivity (Wildman–Crippen MR) is 105 cm³/mol. The molecule has 1 heterocycles. The average Bonchev–Trinajstić information content (AvgIpc) is 2.72. The molecule has 1 N–H and O–H groups in total. The maximum Gasteiger partial charge on any atom is 0.255 e. The number of nitrogens with zero attached hydrogens (tertiary/aromatic N) is 1. The molecule has 7 nitrogen and oxygen atoms in total. The number of hydrogen-bond acceptors (Lipinski definition) is 5. The molecule has 2 aromatic rings. The van der Waals surface area contributed by atoms with Crippen LogP contribution in [-0.2, 0) is 21.3 Å². The zero-order chi connectivity index (χ0) is 20.1. The Kier molecular flexibility index (Phi) is 6.33. The van der Waals surface area contributed by atoms with Crippen molar-refractivity contribution in [3.05, 3.63) is 59.2 Å². The van der Waals surface area contributed by atoms with E-state index in [1.54, 1.807) is 0 Å². The quantitative estimate of drug-likeness (QED) is 0.796. The molecule has 0 unspecified atom stereocenters. The second-order valence-electron chi connectivity index (χ2n) is 6.55. The molecule has 1 aliphatic heterocycles. The number of carbonyl (C=O) groups excluding carboxylic acids is 1. The number of ether oxygens (including phenoxy) is 2. The summed E-state index contributed by atoms with van der Waals surface area (Å²) < 4.78 is 37.6. The second kappa shape index (κ2) is 8.72. The van der Waals surface area contributed by atoms with Crippen LogP contribution in [0.25, 0.3) is 0 Å². The number of hydrogen-bond donors (Lipinski definition) is 1. The first-order chi connectivity index (χ1) is 13.4. The number of morpholine rings is 1. The van der Waals surface area contributed by atoms with Gasteiger partial charge in [0.15, 0.2) is 0 Å². The third kappa shape index (κ3) is 4.52. The number of methoxy groups -OCH3 is 1. The number of carbonyl (C=O) groups is 1. The molecule has 0 atom stereocenters. The van der Waals surface area contributed by atoms with Gasteiger partial charge in [0.1, 0.15) is 5.75 Å². The van der Waals surface area contributed by atoms with Crippen molar-refractivity contribution in [1.29, 1.82) is 0 Å². The maximum atomic E-state index is 12.9. The van der Waals surface area contributed by atoms with Gasteiger partial charge in [-0.1, -0.05) is 29.8 Å².